The molecule has 0 aliphatic rings. The van der Waals surface area contributed by atoms with Gasteiger partial charge in [0.25, 0.3) is 0 Å². The predicted octanol–water partition coefficient (Wildman–Crippen LogP) is 4.81. The van der Waals surface area contributed by atoms with Crippen molar-refractivity contribution in [2.75, 3.05) is 7.11 Å². The topological polar surface area (TPSA) is 55.2 Å². The molecule has 5 nitrogen and oxygen atoms in total. The highest BCUT2D eigenvalue weighted by Gasteiger charge is 2.12. The summed E-state index contributed by atoms with van der Waals surface area (Å²) < 4.78 is 7.00. The molecule has 0 aliphatic heterocycles. The van der Waals surface area contributed by atoms with Crippen LogP contribution in [0.3, 0.4) is 0 Å². The molecule has 0 spiro atoms. The molecule has 0 saturated heterocycles. The standard InChI is InChI=1S/C16H12Cl2N4OS/c1-23-12-5-2-10(3-6-12)9-19-22-15(20-21-16(22)24)13-7-4-11(17)8-14(13)18/h2-9H,1H3,(H,21,24). The van der Waals surface area contributed by atoms with Crippen molar-refractivity contribution >= 4 is 41.6 Å². The Morgan fingerprint density at radius 1 is 1.21 bits per heavy atom. The van der Waals surface area contributed by atoms with Crippen LogP contribution < -0.4 is 4.74 Å². The van der Waals surface area contributed by atoms with Crippen LogP contribution in [0.25, 0.3) is 11.4 Å². The summed E-state index contributed by atoms with van der Waals surface area (Å²) in [4.78, 5) is 0. The van der Waals surface area contributed by atoms with E-state index in [1.54, 1.807) is 31.5 Å². The number of ether oxygens (including phenoxy) is 1. The number of aromatic nitrogens is 3. The fraction of sp³-hybridized carbons (Fsp3) is 0.0625. The van der Waals surface area contributed by atoms with E-state index in [0.29, 0.717) is 26.2 Å². The number of hydrogen-bond acceptors (Lipinski definition) is 4. The number of halogens is 2. The number of aromatic amines is 1. The van der Waals surface area contributed by atoms with Gasteiger partial charge < -0.3 is 4.74 Å². The zero-order chi connectivity index (χ0) is 17.1. The average molecular weight is 379 g/mol. The smallest absolute Gasteiger partial charge is 0.216 e. The molecule has 24 heavy (non-hydrogen) atoms. The van der Waals surface area contributed by atoms with Crippen LogP contribution in [0.1, 0.15) is 5.56 Å². The van der Waals surface area contributed by atoms with Gasteiger partial charge in [0.2, 0.25) is 4.77 Å². The number of benzene rings is 2. The first-order chi connectivity index (χ1) is 11.6. The summed E-state index contributed by atoms with van der Waals surface area (Å²) in [7, 11) is 1.62. The summed E-state index contributed by atoms with van der Waals surface area (Å²) in [6, 6.07) is 12.6. The third kappa shape index (κ3) is 3.51. The molecule has 0 unspecified atom stereocenters. The van der Waals surface area contributed by atoms with E-state index in [9.17, 15) is 0 Å². The number of nitrogens with one attached hydrogen (secondary N) is 1. The normalized spacial score (nSPS) is 11.1. The second-order valence-electron chi connectivity index (χ2n) is 4.81. The van der Waals surface area contributed by atoms with E-state index < -0.39 is 0 Å². The van der Waals surface area contributed by atoms with Crippen molar-refractivity contribution in [3.63, 3.8) is 0 Å². The minimum Gasteiger partial charge on any atom is -0.497 e. The number of rotatable bonds is 4. The van der Waals surface area contributed by atoms with Gasteiger partial charge in [-0.2, -0.15) is 14.9 Å². The fourth-order valence-corrected chi connectivity index (χ4v) is 2.73. The number of hydrogen-bond donors (Lipinski definition) is 1. The maximum Gasteiger partial charge on any atom is 0.216 e. The third-order valence-corrected chi connectivity index (χ3v) is 4.07. The zero-order valence-corrected chi connectivity index (χ0v) is 14.9. The Labute approximate surface area is 153 Å². The van der Waals surface area contributed by atoms with Crippen molar-refractivity contribution in [2.45, 2.75) is 0 Å². The molecule has 1 heterocycles. The minimum absolute atomic E-state index is 0.362. The second-order valence-corrected chi connectivity index (χ2v) is 6.04. The summed E-state index contributed by atoms with van der Waals surface area (Å²) in [6.07, 6.45) is 1.68. The second kappa shape index (κ2) is 7.17. The molecule has 0 amide bonds. The van der Waals surface area contributed by atoms with Gasteiger partial charge in [0.15, 0.2) is 5.82 Å². The van der Waals surface area contributed by atoms with Crippen molar-refractivity contribution in [3.05, 3.63) is 62.8 Å². The molecule has 1 N–H and O–H groups in total. The van der Waals surface area contributed by atoms with Crippen LogP contribution in [0.2, 0.25) is 10.0 Å². The highest BCUT2D eigenvalue weighted by molar-refractivity contribution is 7.71. The highest BCUT2D eigenvalue weighted by atomic mass is 35.5. The van der Waals surface area contributed by atoms with Crippen molar-refractivity contribution < 1.29 is 4.74 Å². The van der Waals surface area contributed by atoms with E-state index >= 15 is 0 Å². The Morgan fingerprint density at radius 3 is 2.62 bits per heavy atom. The monoisotopic (exact) mass is 378 g/mol. The van der Waals surface area contributed by atoms with Gasteiger partial charge in [-0.25, -0.2) is 5.10 Å². The first kappa shape index (κ1) is 16.7. The van der Waals surface area contributed by atoms with E-state index in [4.69, 9.17) is 40.2 Å². The molecule has 0 fully saturated rings. The number of methoxy groups -OCH3 is 1. The predicted molar refractivity (Wildman–Crippen MR) is 98.9 cm³/mol. The quantitative estimate of drug-likeness (QED) is 0.523. The van der Waals surface area contributed by atoms with E-state index in [2.05, 4.69) is 15.3 Å². The van der Waals surface area contributed by atoms with Crippen LogP contribution in [-0.4, -0.2) is 28.2 Å². The van der Waals surface area contributed by atoms with E-state index in [0.717, 1.165) is 11.3 Å². The summed E-state index contributed by atoms with van der Waals surface area (Å²) in [5.41, 5.74) is 1.58. The van der Waals surface area contributed by atoms with Crippen molar-refractivity contribution in [1.29, 1.82) is 0 Å². The summed E-state index contributed by atoms with van der Waals surface area (Å²) in [5, 5.41) is 12.3. The van der Waals surface area contributed by atoms with Gasteiger partial charge in [0.05, 0.1) is 18.3 Å². The van der Waals surface area contributed by atoms with Gasteiger partial charge in [-0.3, -0.25) is 0 Å². The lowest BCUT2D eigenvalue weighted by Crippen LogP contribution is -1.95. The van der Waals surface area contributed by atoms with Gasteiger partial charge in [-0.05, 0) is 60.2 Å². The molecular weight excluding hydrogens is 367 g/mol. The molecular formula is C16H12Cl2N4OS. The molecule has 8 heteroatoms. The van der Waals surface area contributed by atoms with E-state index in [1.165, 1.54) is 4.68 Å². The van der Waals surface area contributed by atoms with E-state index in [-0.39, 0.29) is 0 Å². The van der Waals surface area contributed by atoms with Crippen LogP contribution in [0.4, 0.5) is 0 Å². The average Bonchev–Trinajstić information content (AvgIpc) is 2.94. The lowest BCUT2D eigenvalue weighted by Gasteiger charge is -2.04. The van der Waals surface area contributed by atoms with Gasteiger partial charge in [0.1, 0.15) is 5.75 Å². The molecule has 0 radical (unpaired) electrons. The lowest BCUT2D eigenvalue weighted by atomic mass is 10.2. The van der Waals surface area contributed by atoms with Gasteiger partial charge >= 0.3 is 0 Å². The summed E-state index contributed by atoms with van der Waals surface area (Å²) in [6.45, 7) is 0. The summed E-state index contributed by atoms with van der Waals surface area (Å²) in [5.74, 6) is 1.28. The fourth-order valence-electron chi connectivity index (χ4n) is 2.06. The largest absolute Gasteiger partial charge is 0.497 e. The van der Waals surface area contributed by atoms with Gasteiger partial charge in [0, 0.05) is 10.6 Å². The first-order valence-electron chi connectivity index (χ1n) is 6.90. The molecule has 3 aromatic rings. The van der Waals surface area contributed by atoms with Crippen LogP contribution in [-0.2, 0) is 0 Å². The van der Waals surface area contributed by atoms with Gasteiger partial charge in [-0.15, -0.1) is 0 Å². The Bertz CT molecular complexity index is 947. The summed E-state index contributed by atoms with van der Waals surface area (Å²) >= 11 is 17.4. The van der Waals surface area contributed by atoms with Crippen LogP contribution in [0, 0.1) is 4.77 Å². The van der Waals surface area contributed by atoms with E-state index in [1.807, 2.05) is 24.3 Å². The molecule has 122 valence electrons. The third-order valence-electron chi connectivity index (χ3n) is 3.26. The van der Waals surface area contributed by atoms with Crippen LogP contribution >= 0.6 is 35.4 Å². The zero-order valence-electron chi connectivity index (χ0n) is 12.5. The van der Waals surface area contributed by atoms with Crippen molar-refractivity contribution in [3.8, 4) is 17.1 Å². The maximum atomic E-state index is 6.24. The van der Waals surface area contributed by atoms with Crippen molar-refractivity contribution in [2.24, 2.45) is 5.10 Å². The lowest BCUT2D eigenvalue weighted by molar-refractivity contribution is 0.415. The SMILES string of the molecule is COc1ccc(C=Nn2c(-c3ccc(Cl)cc3Cl)n[nH]c2=S)cc1. The number of nitrogens with zero attached hydrogens (tertiary/aromatic N) is 3. The molecule has 2 aromatic carbocycles. The first-order valence-corrected chi connectivity index (χ1v) is 8.06. The Kier molecular flexibility index (Phi) is 4.99. The Morgan fingerprint density at radius 2 is 1.96 bits per heavy atom. The van der Waals surface area contributed by atoms with Crippen molar-refractivity contribution in [1.82, 2.24) is 14.9 Å². The number of H-pyrrole nitrogens is 1. The Hall–Kier alpha value is -2.15. The Balaban J connectivity index is 1.98. The molecule has 0 aliphatic carbocycles. The highest BCUT2D eigenvalue weighted by Crippen LogP contribution is 2.29. The molecule has 1 aromatic heterocycles. The molecule has 0 atom stereocenters. The minimum atomic E-state index is 0.362. The molecule has 0 bridgehead atoms. The maximum absolute atomic E-state index is 6.24. The van der Waals surface area contributed by atoms with Crippen LogP contribution in [0.15, 0.2) is 47.6 Å². The molecule has 0 saturated carbocycles. The molecule has 3 rings (SSSR count). The van der Waals surface area contributed by atoms with Crippen LogP contribution in [0.5, 0.6) is 5.75 Å². The van der Waals surface area contributed by atoms with Gasteiger partial charge in [-0.1, -0.05) is 23.2 Å².